The van der Waals surface area contributed by atoms with Crippen LogP contribution < -0.4 is 9.64 Å². The van der Waals surface area contributed by atoms with Gasteiger partial charge in [-0.25, -0.2) is 13.4 Å². The molecule has 0 amide bonds. The fourth-order valence-corrected chi connectivity index (χ4v) is 5.89. The maximum Gasteiger partial charge on any atom is 0.416 e. The molecule has 37 heavy (non-hydrogen) atoms. The van der Waals surface area contributed by atoms with Gasteiger partial charge in [0.25, 0.3) is 5.78 Å². The third-order valence-electron chi connectivity index (χ3n) is 6.23. The standard InChI is InChI=1S/C24H23F3N6O3S/c1-36-19-8-6-17(7-9-19)21-15-28-23-29-16-30-33(23)22(21)31-10-3-11-32(13-12-31)37(34,35)20-5-2-4-18(14-20)24(25,26)27/h2,4-9,14-16H,3,10-13H2,1H3. The van der Waals surface area contributed by atoms with Gasteiger partial charge < -0.3 is 9.64 Å². The monoisotopic (exact) mass is 532 g/mol. The highest BCUT2D eigenvalue weighted by Gasteiger charge is 2.34. The minimum absolute atomic E-state index is 0.0825. The lowest BCUT2D eigenvalue weighted by atomic mass is 10.1. The second-order valence-electron chi connectivity index (χ2n) is 8.47. The van der Waals surface area contributed by atoms with Crippen LogP contribution in [0.5, 0.6) is 5.75 Å². The molecule has 5 rings (SSSR count). The van der Waals surface area contributed by atoms with Crippen molar-refractivity contribution in [3.8, 4) is 16.9 Å². The van der Waals surface area contributed by atoms with Gasteiger partial charge in [0.15, 0.2) is 0 Å². The third-order valence-corrected chi connectivity index (χ3v) is 8.13. The highest BCUT2D eigenvalue weighted by molar-refractivity contribution is 7.89. The summed E-state index contributed by atoms with van der Waals surface area (Å²) < 4.78 is 74.2. The van der Waals surface area contributed by atoms with E-state index in [1.54, 1.807) is 17.8 Å². The minimum Gasteiger partial charge on any atom is -0.497 e. The molecule has 1 aliphatic rings. The number of ether oxygens (including phenoxy) is 1. The lowest BCUT2D eigenvalue weighted by Gasteiger charge is -2.26. The molecule has 2 aromatic heterocycles. The highest BCUT2D eigenvalue weighted by Crippen LogP contribution is 2.34. The van der Waals surface area contributed by atoms with Crippen molar-refractivity contribution in [3.05, 3.63) is 66.6 Å². The third kappa shape index (κ3) is 4.83. The van der Waals surface area contributed by atoms with Crippen LogP contribution >= 0.6 is 0 Å². The largest absolute Gasteiger partial charge is 0.497 e. The van der Waals surface area contributed by atoms with Crippen molar-refractivity contribution in [2.75, 3.05) is 38.2 Å². The highest BCUT2D eigenvalue weighted by atomic mass is 32.2. The summed E-state index contributed by atoms with van der Waals surface area (Å²) in [5, 5.41) is 4.33. The lowest BCUT2D eigenvalue weighted by molar-refractivity contribution is -0.137. The molecule has 0 saturated carbocycles. The Hall–Kier alpha value is -3.71. The molecular formula is C24H23F3N6O3S. The molecule has 1 aliphatic heterocycles. The first kappa shape index (κ1) is 25.0. The van der Waals surface area contributed by atoms with Crippen LogP contribution in [0.4, 0.5) is 19.0 Å². The van der Waals surface area contributed by atoms with E-state index in [0.29, 0.717) is 42.9 Å². The summed E-state index contributed by atoms with van der Waals surface area (Å²) in [5.41, 5.74) is 0.632. The van der Waals surface area contributed by atoms with E-state index >= 15 is 0 Å². The number of anilines is 1. The molecule has 1 saturated heterocycles. The smallest absolute Gasteiger partial charge is 0.416 e. The lowest BCUT2D eigenvalue weighted by Crippen LogP contribution is -2.36. The van der Waals surface area contributed by atoms with Crippen LogP contribution in [0.2, 0.25) is 0 Å². The molecule has 13 heteroatoms. The molecule has 0 unspecified atom stereocenters. The molecule has 3 heterocycles. The summed E-state index contributed by atoms with van der Waals surface area (Å²) in [4.78, 5) is 10.2. The summed E-state index contributed by atoms with van der Waals surface area (Å²) >= 11 is 0. The van der Waals surface area contributed by atoms with Crippen molar-refractivity contribution >= 4 is 21.6 Å². The van der Waals surface area contributed by atoms with E-state index in [9.17, 15) is 21.6 Å². The number of sulfonamides is 1. The zero-order valence-electron chi connectivity index (χ0n) is 19.8. The van der Waals surface area contributed by atoms with Crippen LogP contribution in [-0.2, 0) is 16.2 Å². The predicted octanol–water partition coefficient (Wildman–Crippen LogP) is 3.72. The normalized spacial score (nSPS) is 15.6. The van der Waals surface area contributed by atoms with E-state index in [1.165, 1.54) is 16.7 Å². The zero-order chi connectivity index (χ0) is 26.2. The van der Waals surface area contributed by atoms with Crippen molar-refractivity contribution in [2.45, 2.75) is 17.5 Å². The Morgan fingerprint density at radius 1 is 0.973 bits per heavy atom. The number of hydrogen-bond acceptors (Lipinski definition) is 7. The summed E-state index contributed by atoms with van der Waals surface area (Å²) in [7, 11) is -2.55. The van der Waals surface area contributed by atoms with E-state index in [2.05, 4.69) is 15.1 Å². The van der Waals surface area contributed by atoms with E-state index < -0.39 is 21.8 Å². The first-order chi connectivity index (χ1) is 17.7. The fourth-order valence-electron chi connectivity index (χ4n) is 4.37. The number of hydrogen-bond donors (Lipinski definition) is 0. The van der Waals surface area contributed by atoms with Gasteiger partial charge in [-0.3, -0.25) is 0 Å². The molecule has 0 N–H and O–H groups in total. The Kier molecular flexibility index (Phi) is 6.50. The average Bonchev–Trinajstić information content (AvgIpc) is 3.23. The van der Waals surface area contributed by atoms with E-state index in [4.69, 9.17) is 4.74 Å². The Morgan fingerprint density at radius 3 is 2.49 bits per heavy atom. The van der Waals surface area contributed by atoms with Crippen molar-refractivity contribution in [2.24, 2.45) is 0 Å². The van der Waals surface area contributed by atoms with Gasteiger partial charge in [-0.1, -0.05) is 18.2 Å². The molecule has 1 fully saturated rings. The van der Waals surface area contributed by atoms with Gasteiger partial charge in [0.05, 0.1) is 17.6 Å². The number of benzene rings is 2. The van der Waals surface area contributed by atoms with Crippen LogP contribution in [0.15, 0.2) is 66.0 Å². The maximum atomic E-state index is 13.3. The first-order valence-corrected chi connectivity index (χ1v) is 12.9. The van der Waals surface area contributed by atoms with Crippen LogP contribution in [0, 0.1) is 0 Å². The van der Waals surface area contributed by atoms with Crippen molar-refractivity contribution < 1.29 is 26.3 Å². The number of aromatic nitrogens is 4. The van der Waals surface area contributed by atoms with Crippen LogP contribution in [-0.4, -0.2) is 65.6 Å². The van der Waals surface area contributed by atoms with Crippen molar-refractivity contribution in [1.82, 2.24) is 23.9 Å². The van der Waals surface area contributed by atoms with E-state index in [-0.39, 0.29) is 18.0 Å². The number of alkyl halides is 3. The number of rotatable bonds is 5. The second-order valence-corrected chi connectivity index (χ2v) is 10.4. The molecule has 0 aliphatic carbocycles. The van der Waals surface area contributed by atoms with Crippen molar-refractivity contribution in [1.29, 1.82) is 0 Å². The number of fused-ring (bicyclic) bond motifs is 1. The Balaban J connectivity index is 1.47. The zero-order valence-corrected chi connectivity index (χ0v) is 20.6. The Morgan fingerprint density at radius 2 is 1.76 bits per heavy atom. The Bertz CT molecular complexity index is 1520. The van der Waals surface area contributed by atoms with E-state index in [1.807, 2.05) is 29.2 Å². The SMILES string of the molecule is COc1ccc(-c2cnc3ncnn3c2N2CCCN(S(=O)(=O)c3cccc(C(F)(F)F)c3)CC2)cc1. The number of halogens is 3. The minimum atomic E-state index is -4.64. The van der Waals surface area contributed by atoms with Gasteiger partial charge in [0.1, 0.15) is 17.9 Å². The van der Waals surface area contributed by atoms with Gasteiger partial charge in [-0.2, -0.15) is 32.1 Å². The molecule has 0 atom stereocenters. The molecular weight excluding hydrogens is 509 g/mol. The first-order valence-electron chi connectivity index (χ1n) is 11.4. The van der Waals surface area contributed by atoms with E-state index in [0.717, 1.165) is 23.3 Å². The molecule has 194 valence electrons. The van der Waals surface area contributed by atoms with Crippen LogP contribution in [0.25, 0.3) is 16.9 Å². The second kappa shape index (κ2) is 9.63. The summed E-state index contributed by atoms with van der Waals surface area (Å²) in [6.07, 6.45) is -1.09. The average molecular weight is 533 g/mol. The topological polar surface area (TPSA) is 92.9 Å². The van der Waals surface area contributed by atoms with Gasteiger partial charge in [-0.05, 0) is 42.3 Å². The quantitative estimate of drug-likeness (QED) is 0.387. The molecule has 4 aromatic rings. The van der Waals surface area contributed by atoms with Crippen LogP contribution in [0.1, 0.15) is 12.0 Å². The molecule has 0 spiro atoms. The van der Waals surface area contributed by atoms with Gasteiger partial charge in [0, 0.05) is 37.9 Å². The van der Waals surface area contributed by atoms with Gasteiger partial charge >= 0.3 is 6.18 Å². The maximum absolute atomic E-state index is 13.3. The van der Waals surface area contributed by atoms with Gasteiger partial charge in [-0.15, -0.1) is 0 Å². The number of nitrogens with zero attached hydrogens (tertiary/aromatic N) is 6. The Labute approximate surface area is 211 Å². The molecule has 9 nitrogen and oxygen atoms in total. The number of methoxy groups -OCH3 is 1. The predicted molar refractivity (Wildman–Crippen MR) is 130 cm³/mol. The van der Waals surface area contributed by atoms with Crippen molar-refractivity contribution in [3.63, 3.8) is 0 Å². The van der Waals surface area contributed by atoms with Gasteiger partial charge in [0.2, 0.25) is 10.0 Å². The summed E-state index contributed by atoms with van der Waals surface area (Å²) in [6, 6.07) is 11.3. The molecule has 0 bridgehead atoms. The molecule has 2 aromatic carbocycles. The fraction of sp³-hybridized carbons (Fsp3) is 0.292. The summed E-state index contributed by atoms with van der Waals surface area (Å²) in [6.45, 7) is 1.04. The summed E-state index contributed by atoms with van der Waals surface area (Å²) in [5.74, 6) is 1.79. The molecule has 0 radical (unpaired) electrons. The van der Waals surface area contributed by atoms with Crippen LogP contribution in [0.3, 0.4) is 0 Å².